The quantitative estimate of drug-likeness (QED) is 0.565. The SMILES string of the molecule is CCc1ccc(NC(=O)C(C)Nc2ccc(NC(=O)c3ccco3)cc2)cc1. The van der Waals surface area contributed by atoms with Gasteiger partial charge in [0.1, 0.15) is 6.04 Å². The zero-order chi connectivity index (χ0) is 19.9. The van der Waals surface area contributed by atoms with E-state index in [0.717, 1.165) is 17.8 Å². The Morgan fingerprint density at radius 2 is 1.50 bits per heavy atom. The van der Waals surface area contributed by atoms with Crippen LogP contribution in [0.25, 0.3) is 0 Å². The largest absolute Gasteiger partial charge is 0.459 e. The minimum atomic E-state index is -0.422. The number of carbonyl (C=O) groups excluding carboxylic acids is 2. The van der Waals surface area contributed by atoms with Gasteiger partial charge in [-0.15, -0.1) is 0 Å². The van der Waals surface area contributed by atoms with Crippen LogP contribution in [0.3, 0.4) is 0 Å². The molecule has 28 heavy (non-hydrogen) atoms. The van der Waals surface area contributed by atoms with Crippen molar-refractivity contribution in [3.63, 3.8) is 0 Å². The Bertz CT molecular complexity index is 917. The van der Waals surface area contributed by atoms with Gasteiger partial charge < -0.3 is 20.4 Å². The van der Waals surface area contributed by atoms with Crippen LogP contribution >= 0.6 is 0 Å². The van der Waals surface area contributed by atoms with Crippen LogP contribution in [0.1, 0.15) is 30.0 Å². The topological polar surface area (TPSA) is 83.4 Å². The second-order valence-electron chi connectivity index (χ2n) is 6.41. The van der Waals surface area contributed by atoms with Crippen LogP contribution in [0.4, 0.5) is 17.1 Å². The summed E-state index contributed by atoms with van der Waals surface area (Å²) in [5.41, 5.74) is 3.41. The van der Waals surface area contributed by atoms with E-state index in [0.29, 0.717) is 5.69 Å². The molecule has 0 saturated carbocycles. The number of furan rings is 1. The fourth-order valence-corrected chi connectivity index (χ4v) is 2.64. The summed E-state index contributed by atoms with van der Waals surface area (Å²) in [5.74, 6) is -0.188. The van der Waals surface area contributed by atoms with Gasteiger partial charge in [-0.25, -0.2) is 0 Å². The summed E-state index contributed by atoms with van der Waals surface area (Å²) in [4.78, 5) is 24.3. The lowest BCUT2D eigenvalue weighted by atomic mass is 10.1. The molecule has 6 nitrogen and oxygen atoms in total. The molecule has 1 atom stereocenters. The van der Waals surface area contributed by atoms with Crippen LogP contribution in [0.5, 0.6) is 0 Å². The highest BCUT2D eigenvalue weighted by Gasteiger charge is 2.13. The first-order valence-corrected chi connectivity index (χ1v) is 9.16. The maximum Gasteiger partial charge on any atom is 0.291 e. The minimum Gasteiger partial charge on any atom is -0.459 e. The third-order valence-corrected chi connectivity index (χ3v) is 4.29. The average Bonchev–Trinajstić information content (AvgIpc) is 3.25. The molecule has 6 heteroatoms. The minimum absolute atomic E-state index is 0.126. The molecular formula is C22H23N3O3. The number of amides is 2. The molecule has 0 aliphatic rings. The van der Waals surface area contributed by atoms with Crippen LogP contribution in [-0.4, -0.2) is 17.9 Å². The highest BCUT2D eigenvalue weighted by Crippen LogP contribution is 2.16. The summed E-state index contributed by atoms with van der Waals surface area (Å²) in [6, 6.07) is 17.8. The summed E-state index contributed by atoms with van der Waals surface area (Å²) >= 11 is 0. The van der Waals surface area contributed by atoms with E-state index in [4.69, 9.17) is 4.42 Å². The molecule has 0 bridgehead atoms. The summed E-state index contributed by atoms with van der Waals surface area (Å²) < 4.78 is 5.06. The molecule has 0 fully saturated rings. The first kappa shape index (κ1) is 19.2. The summed E-state index contributed by atoms with van der Waals surface area (Å²) in [6.45, 7) is 3.88. The molecule has 0 spiro atoms. The summed E-state index contributed by atoms with van der Waals surface area (Å²) in [7, 11) is 0. The molecular weight excluding hydrogens is 354 g/mol. The van der Waals surface area contributed by atoms with E-state index < -0.39 is 6.04 Å². The molecule has 0 aliphatic carbocycles. The van der Waals surface area contributed by atoms with Gasteiger partial charge in [-0.3, -0.25) is 9.59 Å². The first-order chi connectivity index (χ1) is 13.5. The molecule has 1 heterocycles. The Morgan fingerprint density at radius 1 is 0.893 bits per heavy atom. The van der Waals surface area contributed by atoms with Gasteiger partial charge in [-0.05, 0) is 67.4 Å². The van der Waals surface area contributed by atoms with Crippen molar-refractivity contribution in [3.8, 4) is 0 Å². The summed E-state index contributed by atoms with van der Waals surface area (Å²) in [5, 5.41) is 8.80. The predicted molar refractivity (Wildman–Crippen MR) is 111 cm³/mol. The highest BCUT2D eigenvalue weighted by molar-refractivity contribution is 6.02. The van der Waals surface area contributed by atoms with Crippen molar-refractivity contribution in [2.45, 2.75) is 26.3 Å². The van der Waals surface area contributed by atoms with Crippen LogP contribution in [0, 0.1) is 0 Å². The maximum absolute atomic E-state index is 12.4. The monoisotopic (exact) mass is 377 g/mol. The Morgan fingerprint density at radius 3 is 2.11 bits per heavy atom. The number of hydrogen-bond donors (Lipinski definition) is 3. The second-order valence-corrected chi connectivity index (χ2v) is 6.41. The standard InChI is InChI=1S/C22H23N3O3/c1-3-16-6-8-18(9-7-16)24-21(26)15(2)23-17-10-12-19(13-11-17)25-22(27)20-5-4-14-28-20/h4-15,23H,3H2,1-2H3,(H,24,26)(H,25,27). The molecule has 3 rings (SSSR count). The average molecular weight is 377 g/mol. The van der Waals surface area contributed by atoms with Gasteiger partial charge >= 0.3 is 0 Å². The lowest BCUT2D eigenvalue weighted by Gasteiger charge is -2.16. The van der Waals surface area contributed by atoms with Crippen molar-refractivity contribution < 1.29 is 14.0 Å². The number of hydrogen-bond acceptors (Lipinski definition) is 4. The number of benzene rings is 2. The van der Waals surface area contributed by atoms with Crippen LogP contribution in [0.15, 0.2) is 71.3 Å². The number of rotatable bonds is 7. The van der Waals surface area contributed by atoms with Gasteiger partial charge in [0, 0.05) is 17.1 Å². The number of carbonyl (C=O) groups is 2. The van der Waals surface area contributed by atoms with Gasteiger partial charge in [-0.2, -0.15) is 0 Å². The van der Waals surface area contributed by atoms with E-state index in [2.05, 4.69) is 22.9 Å². The third kappa shape index (κ3) is 5.01. The van der Waals surface area contributed by atoms with E-state index in [1.807, 2.05) is 24.3 Å². The lowest BCUT2D eigenvalue weighted by molar-refractivity contribution is -0.116. The number of nitrogens with one attached hydrogen (secondary N) is 3. The van der Waals surface area contributed by atoms with Gasteiger partial charge in [0.05, 0.1) is 6.26 Å². The van der Waals surface area contributed by atoms with Gasteiger partial charge in [0.2, 0.25) is 5.91 Å². The van der Waals surface area contributed by atoms with E-state index in [9.17, 15) is 9.59 Å². The smallest absolute Gasteiger partial charge is 0.291 e. The Labute approximate surface area is 164 Å². The summed E-state index contributed by atoms with van der Waals surface area (Å²) in [6.07, 6.45) is 2.41. The Kier molecular flexibility index (Phi) is 6.11. The van der Waals surface area contributed by atoms with Crippen molar-refractivity contribution in [1.29, 1.82) is 0 Å². The Hall–Kier alpha value is -3.54. The number of aryl methyl sites for hydroxylation is 1. The van der Waals surface area contributed by atoms with Crippen molar-refractivity contribution in [1.82, 2.24) is 0 Å². The van der Waals surface area contributed by atoms with E-state index in [1.54, 1.807) is 43.3 Å². The molecule has 2 amide bonds. The maximum atomic E-state index is 12.4. The molecule has 3 aromatic rings. The van der Waals surface area contributed by atoms with Crippen molar-refractivity contribution in [2.75, 3.05) is 16.0 Å². The normalized spacial score (nSPS) is 11.5. The van der Waals surface area contributed by atoms with Crippen molar-refractivity contribution >= 4 is 28.9 Å². The van der Waals surface area contributed by atoms with Gasteiger partial charge in [-0.1, -0.05) is 19.1 Å². The molecule has 1 unspecified atom stereocenters. The van der Waals surface area contributed by atoms with Crippen LogP contribution in [0.2, 0.25) is 0 Å². The fourth-order valence-electron chi connectivity index (χ4n) is 2.64. The molecule has 2 aromatic carbocycles. The van der Waals surface area contributed by atoms with Crippen molar-refractivity contribution in [2.24, 2.45) is 0 Å². The third-order valence-electron chi connectivity index (χ3n) is 4.29. The van der Waals surface area contributed by atoms with Crippen LogP contribution in [-0.2, 0) is 11.2 Å². The fraction of sp³-hybridized carbons (Fsp3) is 0.182. The van der Waals surface area contributed by atoms with Crippen LogP contribution < -0.4 is 16.0 Å². The molecule has 3 N–H and O–H groups in total. The molecule has 0 radical (unpaired) electrons. The zero-order valence-corrected chi connectivity index (χ0v) is 15.9. The van der Waals surface area contributed by atoms with E-state index >= 15 is 0 Å². The second kappa shape index (κ2) is 8.90. The highest BCUT2D eigenvalue weighted by atomic mass is 16.3. The first-order valence-electron chi connectivity index (χ1n) is 9.16. The molecule has 0 saturated heterocycles. The molecule has 1 aromatic heterocycles. The lowest BCUT2D eigenvalue weighted by Crippen LogP contribution is -2.31. The van der Waals surface area contributed by atoms with E-state index in [1.165, 1.54) is 11.8 Å². The van der Waals surface area contributed by atoms with E-state index in [-0.39, 0.29) is 17.6 Å². The van der Waals surface area contributed by atoms with Crippen molar-refractivity contribution in [3.05, 3.63) is 78.3 Å². The molecule has 0 aliphatic heterocycles. The number of anilines is 3. The molecule has 144 valence electrons. The Balaban J connectivity index is 1.53. The predicted octanol–water partition coefficient (Wildman–Crippen LogP) is 4.53. The van der Waals surface area contributed by atoms with Gasteiger partial charge in [0.15, 0.2) is 5.76 Å². The van der Waals surface area contributed by atoms with Gasteiger partial charge in [0.25, 0.3) is 5.91 Å². The zero-order valence-electron chi connectivity index (χ0n) is 15.9.